The van der Waals surface area contributed by atoms with Crippen molar-refractivity contribution in [3.8, 4) is 0 Å². The number of fused-ring (bicyclic) bond motifs is 1. The number of aryl methyl sites for hydroxylation is 1. The monoisotopic (exact) mass is 611 g/mol. The number of hydrogen-bond acceptors (Lipinski definition) is 8. The Morgan fingerprint density at radius 1 is 1.05 bits per heavy atom. The number of nitrogens with two attached hydrogens (primary N) is 2. The Morgan fingerprint density at radius 2 is 1.59 bits per heavy atom. The number of nitrogens with zero attached hydrogens (tertiary/aromatic N) is 1. The lowest BCUT2D eigenvalue weighted by Crippen LogP contribution is -2.68. The highest BCUT2D eigenvalue weighted by Gasteiger charge is 2.51. The van der Waals surface area contributed by atoms with Crippen LogP contribution in [0.5, 0.6) is 0 Å². The Hall–Kier alpha value is -3.55. The Morgan fingerprint density at radius 3 is 2.07 bits per heavy atom. The Balaban J connectivity index is 0.000000296. The average Bonchev–Trinajstić information content (AvgIpc) is 2.96. The maximum Gasteiger partial charge on any atom is 0.294 e. The molecule has 5 rings (SSSR count). The van der Waals surface area contributed by atoms with E-state index in [1.165, 1.54) is 23.9 Å². The van der Waals surface area contributed by atoms with Gasteiger partial charge in [-0.3, -0.25) is 19.0 Å². The zero-order valence-corrected chi connectivity index (χ0v) is 24.5. The van der Waals surface area contributed by atoms with Crippen LogP contribution in [0.2, 0.25) is 0 Å². The molecule has 3 aromatic rings. The molecule has 0 aliphatic carbocycles. The molecule has 0 spiro atoms. The number of carbonyl (C=O) groups is 2. The second-order valence-corrected chi connectivity index (χ2v) is 12.3. The van der Waals surface area contributed by atoms with Crippen molar-refractivity contribution in [2.45, 2.75) is 35.8 Å². The van der Waals surface area contributed by atoms with Gasteiger partial charge in [0.1, 0.15) is 17.5 Å². The number of ether oxygens (including phenoxy) is 1. The van der Waals surface area contributed by atoms with Crippen LogP contribution >= 0.6 is 24.0 Å². The molecule has 1 saturated heterocycles. The van der Waals surface area contributed by atoms with Crippen LogP contribution in [-0.2, 0) is 24.4 Å². The molecule has 9 nitrogen and oxygen atoms in total. The molecular formula is C29H29N3O6S3. The van der Waals surface area contributed by atoms with Crippen molar-refractivity contribution >= 4 is 51.0 Å². The molecule has 214 valence electrons. The molecule has 0 unspecified atom stereocenters. The van der Waals surface area contributed by atoms with E-state index in [-0.39, 0.29) is 27.6 Å². The molecule has 2 amide bonds. The maximum atomic E-state index is 12.5. The average molecular weight is 612 g/mol. The van der Waals surface area contributed by atoms with Gasteiger partial charge in [0, 0.05) is 5.75 Å². The van der Waals surface area contributed by atoms with E-state index in [4.69, 9.17) is 33.0 Å². The normalized spacial score (nSPS) is 18.1. The predicted molar refractivity (Wildman–Crippen MR) is 161 cm³/mol. The fraction of sp³-hybridized carbons (Fsp3) is 0.207. The number of thiocarbonyl (C=S) groups is 1. The number of primary amides is 1. The zero-order valence-electron chi connectivity index (χ0n) is 22.0. The second kappa shape index (κ2) is 13.0. The van der Waals surface area contributed by atoms with E-state index in [1.807, 2.05) is 67.6 Å². The minimum atomic E-state index is -4.02. The van der Waals surface area contributed by atoms with Crippen LogP contribution in [0.3, 0.4) is 0 Å². The topological polar surface area (TPSA) is 153 Å². The summed E-state index contributed by atoms with van der Waals surface area (Å²) in [4.78, 5) is 25.6. The van der Waals surface area contributed by atoms with E-state index in [0.717, 1.165) is 16.7 Å². The fourth-order valence-electron chi connectivity index (χ4n) is 4.37. The number of β-lactam (4-membered cyclic amide) rings is 1. The van der Waals surface area contributed by atoms with E-state index in [0.29, 0.717) is 17.0 Å². The van der Waals surface area contributed by atoms with E-state index in [1.54, 1.807) is 17.0 Å². The zero-order chi connectivity index (χ0) is 29.7. The number of rotatable bonds is 7. The summed E-state index contributed by atoms with van der Waals surface area (Å²) in [5, 5.41) is -0.0490. The van der Waals surface area contributed by atoms with E-state index in [2.05, 4.69) is 0 Å². The van der Waals surface area contributed by atoms with Gasteiger partial charge in [-0.25, -0.2) is 0 Å². The van der Waals surface area contributed by atoms with E-state index in [9.17, 15) is 18.0 Å². The highest BCUT2D eigenvalue weighted by molar-refractivity contribution is 8.00. The summed E-state index contributed by atoms with van der Waals surface area (Å²) < 4.78 is 35.8. The smallest absolute Gasteiger partial charge is 0.294 e. The third-order valence-corrected chi connectivity index (χ3v) is 8.94. The first kappa shape index (κ1) is 30.4. The van der Waals surface area contributed by atoms with Crippen molar-refractivity contribution < 1.29 is 27.3 Å². The van der Waals surface area contributed by atoms with Gasteiger partial charge in [-0.15, -0.1) is 11.8 Å². The Kier molecular flexibility index (Phi) is 9.61. The summed E-state index contributed by atoms with van der Waals surface area (Å²) in [5.74, 6) is -0.194. The van der Waals surface area contributed by atoms with E-state index < -0.39 is 28.2 Å². The summed E-state index contributed by atoms with van der Waals surface area (Å²) in [6.07, 6.45) is -0.445. The number of hydrogen-bond donors (Lipinski definition) is 3. The van der Waals surface area contributed by atoms with Crippen LogP contribution < -0.4 is 11.5 Å². The highest BCUT2D eigenvalue weighted by atomic mass is 32.2. The molecule has 0 radical (unpaired) electrons. The highest BCUT2D eigenvalue weighted by Crippen LogP contribution is 2.41. The predicted octanol–water partition coefficient (Wildman–Crippen LogP) is 3.73. The van der Waals surface area contributed by atoms with Gasteiger partial charge in [0.05, 0.1) is 17.0 Å². The molecule has 41 heavy (non-hydrogen) atoms. The van der Waals surface area contributed by atoms with Crippen molar-refractivity contribution in [1.29, 1.82) is 0 Å². The molecule has 0 aromatic heterocycles. The largest absolute Gasteiger partial charge is 0.469 e. The van der Waals surface area contributed by atoms with Crippen LogP contribution in [0.15, 0.2) is 101 Å². The molecule has 5 N–H and O–H groups in total. The van der Waals surface area contributed by atoms with Crippen molar-refractivity contribution in [3.05, 3.63) is 113 Å². The number of benzene rings is 3. The molecule has 2 heterocycles. The minimum absolute atomic E-state index is 0.0128. The van der Waals surface area contributed by atoms with Crippen molar-refractivity contribution in [3.63, 3.8) is 0 Å². The molecule has 0 saturated carbocycles. The van der Waals surface area contributed by atoms with Gasteiger partial charge in [0.2, 0.25) is 16.9 Å². The summed E-state index contributed by atoms with van der Waals surface area (Å²) in [6, 6.07) is 24.8. The Labute approximate surface area is 248 Å². The molecule has 2 aliphatic heterocycles. The molecule has 12 heteroatoms. The third-order valence-electron chi connectivity index (χ3n) is 6.42. The molecule has 2 aliphatic rings. The SMILES string of the molecule is Cc1ccc(S(=O)(=O)O)cc1.NC(=O)CC1=C(C(=S)OC(c2ccccc2)c2ccccc2)N2C(=O)[C@@H](N)[C@H]2SC1. The van der Waals surface area contributed by atoms with Crippen LogP contribution in [0.4, 0.5) is 0 Å². The second-order valence-electron chi connectivity index (χ2n) is 9.43. The lowest BCUT2D eigenvalue weighted by Gasteiger charge is -2.49. The lowest BCUT2D eigenvalue weighted by molar-refractivity contribution is -0.141. The third kappa shape index (κ3) is 7.21. The number of thioether (sulfide) groups is 1. The first-order valence-electron chi connectivity index (χ1n) is 12.5. The Bertz CT molecular complexity index is 1520. The molecular weight excluding hydrogens is 583 g/mol. The van der Waals surface area contributed by atoms with Gasteiger partial charge in [0.15, 0.2) is 0 Å². The van der Waals surface area contributed by atoms with Gasteiger partial charge >= 0.3 is 0 Å². The summed E-state index contributed by atoms with van der Waals surface area (Å²) in [7, 11) is -4.02. The van der Waals surface area contributed by atoms with E-state index >= 15 is 0 Å². The van der Waals surface area contributed by atoms with Crippen molar-refractivity contribution in [2.75, 3.05) is 5.75 Å². The maximum absolute atomic E-state index is 12.5. The number of carbonyl (C=O) groups excluding carboxylic acids is 2. The van der Waals surface area contributed by atoms with Crippen molar-refractivity contribution in [2.24, 2.45) is 11.5 Å². The van der Waals surface area contributed by atoms with Crippen molar-refractivity contribution in [1.82, 2.24) is 4.90 Å². The van der Waals surface area contributed by atoms with Gasteiger partial charge in [-0.1, -0.05) is 78.4 Å². The quantitative estimate of drug-likeness (QED) is 0.206. The van der Waals surface area contributed by atoms with Crippen LogP contribution in [0.1, 0.15) is 29.2 Å². The van der Waals surface area contributed by atoms with Crippen LogP contribution in [0.25, 0.3) is 0 Å². The van der Waals surface area contributed by atoms with Gasteiger partial charge in [-0.05, 0) is 48.0 Å². The molecule has 1 fully saturated rings. The summed E-state index contributed by atoms with van der Waals surface area (Å²) >= 11 is 7.17. The molecule has 2 atom stereocenters. The molecule has 3 aromatic carbocycles. The van der Waals surface area contributed by atoms with Gasteiger partial charge in [0.25, 0.3) is 10.1 Å². The standard InChI is InChI=1S/C22H21N3O3S2.C7H8O3S/c23-16(26)11-15-12-30-21-17(24)20(27)25(21)18(15)22(29)28-19(13-7-3-1-4-8-13)14-9-5-2-6-10-14;1-6-2-4-7(5-3-6)11(8,9)10/h1-10,17,19,21H,11-12,24H2,(H2,23,26);2-5H,1H3,(H,8,9,10)/t17-,21-;/m1./s1. The minimum Gasteiger partial charge on any atom is -0.469 e. The number of amides is 2. The first-order chi connectivity index (χ1) is 19.5. The van der Waals surface area contributed by atoms with Crippen LogP contribution in [-0.4, -0.2) is 51.9 Å². The summed E-state index contributed by atoms with van der Waals surface area (Å²) in [5.41, 5.74) is 15.3. The fourth-order valence-corrected chi connectivity index (χ4v) is 6.48. The first-order valence-corrected chi connectivity index (χ1v) is 15.4. The lowest BCUT2D eigenvalue weighted by atomic mass is 10.0. The van der Waals surface area contributed by atoms with Gasteiger partial charge in [-0.2, -0.15) is 8.42 Å². The van der Waals surface area contributed by atoms with Crippen LogP contribution in [0, 0.1) is 6.92 Å². The van der Waals surface area contributed by atoms with Gasteiger partial charge < -0.3 is 16.2 Å². The summed E-state index contributed by atoms with van der Waals surface area (Å²) in [6.45, 7) is 1.84. The molecule has 0 bridgehead atoms.